The number of hydrogen-bond acceptors (Lipinski definition) is 4. The minimum Gasteiger partial charge on any atom is -0.491 e. The van der Waals surface area contributed by atoms with E-state index in [0.717, 1.165) is 35.1 Å². The van der Waals surface area contributed by atoms with E-state index in [1.165, 1.54) is 6.07 Å². The quantitative estimate of drug-likeness (QED) is 0.514. The Hall–Kier alpha value is -3.38. The Labute approximate surface area is 186 Å². The summed E-state index contributed by atoms with van der Waals surface area (Å²) in [6.07, 6.45) is 0.0770. The van der Waals surface area contributed by atoms with E-state index in [9.17, 15) is 14.3 Å². The number of fused-ring (bicyclic) bond motifs is 1. The van der Waals surface area contributed by atoms with Gasteiger partial charge in [-0.25, -0.2) is 4.39 Å². The maximum atomic E-state index is 13.9. The number of aliphatic hydroxyl groups excluding tert-OH is 1. The average molecular weight is 436 g/mol. The highest BCUT2D eigenvalue weighted by atomic mass is 19.1. The van der Waals surface area contributed by atoms with Crippen molar-refractivity contribution >= 4 is 5.97 Å². The molecule has 0 aliphatic carbocycles. The highest BCUT2D eigenvalue weighted by Crippen LogP contribution is 2.37. The van der Waals surface area contributed by atoms with E-state index in [1.807, 2.05) is 37.3 Å². The molecule has 2 N–H and O–H groups in total. The molecule has 4 rings (SSSR count). The van der Waals surface area contributed by atoms with Crippen molar-refractivity contribution in [1.29, 1.82) is 0 Å². The van der Waals surface area contributed by atoms with Crippen LogP contribution in [0.1, 0.15) is 48.7 Å². The fraction of sp³-hybridized carbons (Fsp3) is 0.269. The van der Waals surface area contributed by atoms with E-state index in [-0.39, 0.29) is 24.1 Å². The van der Waals surface area contributed by atoms with Gasteiger partial charge in [0, 0.05) is 0 Å². The first-order chi connectivity index (χ1) is 15.4. The van der Waals surface area contributed by atoms with Gasteiger partial charge < -0.3 is 19.7 Å². The molecule has 1 aliphatic rings. The molecule has 5 nitrogen and oxygen atoms in total. The second kappa shape index (κ2) is 9.40. The van der Waals surface area contributed by atoms with Gasteiger partial charge >= 0.3 is 5.97 Å². The predicted octanol–water partition coefficient (Wildman–Crippen LogP) is 5.47. The molecule has 0 aromatic heterocycles. The van der Waals surface area contributed by atoms with Crippen molar-refractivity contribution in [2.45, 2.75) is 38.4 Å². The van der Waals surface area contributed by atoms with Gasteiger partial charge in [0.25, 0.3) is 0 Å². The maximum absolute atomic E-state index is 13.9. The Kier molecular flexibility index (Phi) is 6.42. The van der Waals surface area contributed by atoms with Crippen LogP contribution in [-0.4, -0.2) is 22.8 Å². The second-order valence-electron chi connectivity index (χ2n) is 7.83. The van der Waals surface area contributed by atoms with Crippen LogP contribution in [0.5, 0.6) is 11.5 Å². The van der Waals surface area contributed by atoms with Gasteiger partial charge in [0.2, 0.25) is 0 Å². The first-order valence-corrected chi connectivity index (χ1v) is 10.7. The van der Waals surface area contributed by atoms with Crippen molar-refractivity contribution in [3.05, 3.63) is 83.2 Å². The van der Waals surface area contributed by atoms with E-state index in [0.29, 0.717) is 17.9 Å². The fourth-order valence-electron chi connectivity index (χ4n) is 3.95. The van der Waals surface area contributed by atoms with Crippen LogP contribution in [0.3, 0.4) is 0 Å². The summed E-state index contributed by atoms with van der Waals surface area (Å²) in [6, 6.07) is 18.2. The topological polar surface area (TPSA) is 76.0 Å². The molecule has 2 atom stereocenters. The van der Waals surface area contributed by atoms with Crippen molar-refractivity contribution in [2.75, 3.05) is 6.61 Å². The normalized spacial score (nSPS) is 16.0. The van der Waals surface area contributed by atoms with Crippen LogP contribution in [-0.2, 0) is 11.2 Å². The van der Waals surface area contributed by atoms with Crippen molar-refractivity contribution in [3.8, 4) is 22.6 Å². The van der Waals surface area contributed by atoms with Crippen LogP contribution < -0.4 is 9.47 Å². The summed E-state index contributed by atoms with van der Waals surface area (Å²) < 4.78 is 25.4. The highest BCUT2D eigenvalue weighted by molar-refractivity contribution is 5.68. The van der Waals surface area contributed by atoms with Crippen molar-refractivity contribution in [2.24, 2.45) is 0 Å². The number of benzene rings is 3. The number of carboxylic acids is 1. The first-order valence-electron chi connectivity index (χ1n) is 10.7. The molecular formula is C26H25FO5. The number of carbonyl (C=O) groups is 1. The molecule has 32 heavy (non-hydrogen) atoms. The minimum absolute atomic E-state index is 0.143. The highest BCUT2D eigenvalue weighted by Gasteiger charge is 2.23. The van der Waals surface area contributed by atoms with Crippen molar-refractivity contribution in [3.63, 3.8) is 0 Å². The molecule has 1 aliphatic heterocycles. The summed E-state index contributed by atoms with van der Waals surface area (Å²) >= 11 is 0. The molecule has 1 heterocycles. The third-order valence-electron chi connectivity index (χ3n) is 5.64. The third-order valence-corrected chi connectivity index (χ3v) is 5.64. The predicted molar refractivity (Wildman–Crippen MR) is 118 cm³/mol. The van der Waals surface area contributed by atoms with Crippen LogP contribution in [0, 0.1) is 5.82 Å². The minimum atomic E-state index is -1.07. The average Bonchev–Trinajstić information content (AvgIpc) is 2.79. The lowest BCUT2D eigenvalue weighted by Crippen LogP contribution is -2.16. The monoisotopic (exact) mass is 436 g/mol. The van der Waals surface area contributed by atoms with Gasteiger partial charge in [-0.1, -0.05) is 42.5 Å². The van der Waals surface area contributed by atoms with Crippen LogP contribution in [0.15, 0.2) is 60.7 Å². The molecule has 166 valence electrons. The van der Waals surface area contributed by atoms with Gasteiger partial charge in [-0.2, -0.15) is 0 Å². The van der Waals surface area contributed by atoms with E-state index in [1.54, 1.807) is 24.3 Å². The van der Waals surface area contributed by atoms with Crippen molar-refractivity contribution in [1.82, 2.24) is 0 Å². The zero-order chi connectivity index (χ0) is 22.7. The molecule has 3 aromatic rings. The lowest BCUT2D eigenvalue weighted by molar-refractivity contribution is -0.139. The van der Waals surface area contributed by atoms with Crippen LogP contribution in [0.2, 0.25) is 0 Å². The second-order valence-corrected chi connectivity index (χ2v) is 7.83. The summed E-state index contributed by atoms with van der Waals surface area (Å²) in [4.78, 5) is 10.9. The van der Waals surface area contributed by atoms with E-state index in [4.69, 9.17) is 14.6 Å². The largest absolute Gasteiger partial charge is 0.491 e. The molecule has 0 bridgehead atoms. The smallest absolute Gasteiger partial charge is 0.306 e. The Morgan fingerprint density at radius 2 is 1.88 bits per heavy atom. The maximum Gasteiger partial charge on any atom is 0.306 e. The molecular weight excluding hydrogens is 411 g/mol. The number of aliphatic hydroxyl groups is 1. The molecule has 0 amide bonds. The fourth-order valence-corrected chi connectivity index (χ4v) is 3.95. The van der Waals surface area contributed by atoms with Gasteiger partial charge in [-0.15, -0.1) is 0 Å². The summed E-state index contributed by atoms with van der Waals surface area (Å²) in [5.41, 5.74) is 4.41. The number of ether oxygens (including phenoxy) is 2. The van der Waals surface area contributed by atoms with Gasteiger partial charge in [-0.3, -0.25) is 4.79 Å². The molecule has 0 fully saturated rings. The van der Waals surface area contributed by atoms with Gasteiger partial charge in [0.05, 0.1) is 19.1 Å². The molecule has 0 radical (unpaired) electrons. The van der Waals surface area contributed by atoms with E-state index < -0.39 is 12.1 Å². The summed E-state index contributed by atoms with van der Waals surface area (Å²) in [5.74, 6) is -0.521. The number of rotatable bonds is 7. The Bertz CT molecular complexity index is 1110. The molecule has 1 unspecified atom stereocenters. The molecule has 0 saturated heterocycles. The van der Waals surface area contributed by atoms with Gasteiger partial charge in [0.1, 0.15) is 11.9 Å². The summed E-state index contributed by atoms with van der Waals surface area (Å²) in [7, 11) is 0. The lowest BCUT2D eigenvalue weighted by atomic mass is 9.94. The van der Waals surface area contributed by atoms with Gasteiger partial charge in [0.15, 0.2) is 11.6 Å². The third kappa shape index (κ3) is 4.75. The summed E-state index contributed by atoms with van der Waals surface area (Å²) in [5, 5.41) is 19.0. The van der Waals surface area contributed by atoms with Crippen LogP contribution >= 0.6 is 0 Å². The molecule has 3 aromatic carbocycles. The standard InChI is InChI=1S/C26H25FO5/c1-2-31-25-13-19(9-11-21(25)27)16-3-5-17(6-4-16)23-12-10-18-7-8-20(14-24(18)32-23)22(28)15-26(29)30/h3-9,11,13-14,22-23,28H,2,10,12,15H2,1H3,(H,29,30)/t22-,23?/m1/s1. The zero-order valence-corrected chi connectivity index (χ0v) is 17.8. The van der Waals surface area contributed by atoms with Gasteiger partial charge in [-0.05, 0) is 65.8 Å². The molecule has 0 spiro atoms. The van der Waals surface area contributed by atoms with Crippen LogP contribution in [0.4, 0.5) is 4.39 Å². The number of hydrogen-bond donors (Lipinski definition) is 2. The zero-order valence-electron chi connectivity index (χ0n) is 17.8. The van der Waals surface area contributed by atoms with Crippen molar-refractivity contribution < 1.29 is 28.9 Å². The first kappa shape index (κ1) is 21.8. The SMILES string of the molecule is CCOc1cc(-c2ccc(C3CCc4ccc([C@H](O)CC(=O)O)cc4O3)cc2)ccc1F. The number of carboxylic acid groups (broad SMARTS) is 1. The lowest BCUT2D eigenvalue weighted by Gasteiger charge is -2.27. The number of aliphatic carboxylic acids is 1. The van der Waals surface area contributed by atoms with Crippen LogP contribution in [0.25, 0.3) is 11.1 Å². The van der Waals surface area contributed by atoms with E-state index in [2.05, 4.69) is 0 Å². The van der Waals surface area contributed by atoms with E-state index >= 15 is 0 Å². The molecule has 6 heteroatoms. The Morgan fingerprint density at radius 1 is 1.12 bits per heavy atom. The number of aryl methyl sites for hydroxylation is 1. The number of halogens is 1. The summed E-state index contributed by atoms with van der Waals surface area (Å²) in [6.45, 7) is 2.22. The Balaban J connectivity index is 1.51. The Morgan fingerprint density at radius 3 is 2.59 bits per heavy atom. The molecule has 0 saturated carbocycles.